The number of halogens is 4. The van der Waals surface area contributed by atoms with Crippen LogP contribution in [0.15, 0.2) is 24.3 Å². The van der Waals surface area contributed by atoms with Gasteiger partial charge >= 0.3 is 0 Å². The molecule has 3 fully saturated rings. The van der Waals surface area contributed by atoms with Gasteiger partial charge in [-0.3, -0.25) is 0 Å². The van der Waals surface area contributed by atoms with Gasteiger partial charge in [0.1, 0.15) is 0 Å². The highest BCUT2D eigenvalue weighted by molar-refractivity contribution is 5.67. The lowest BCUT2D eigenvalue weighted by molar-refractivity contribution is 0.0541. The third-order valence-corrected chi connectivity index (χ3v) is 10.7. The number of benzene rings is 2. The van der Waals surface area contributed by atoms with Crippen LogP contribution >= 0.6 is 0 Å². The van der Waals surface area contributed by atoms with Crippen LogP contribution in [0.4, 0.5) is 17.6 Å². The molecule has 0 radical (unpaired) electrons. The van der Waals surface area contributed by atoms with E-state index >= 15 is 0 Å². The van der Waals surface area contributed by atoms with Crippen molar-refractivity contribution in [1.29, 1.82) is 0 Å². The summed E-state index contributed by atoms with van der Waals surface area (Å²) in [6.45, 7) is 4.44. The Hall–Kier alpha value is -2.24. The van der Waals surface area contributed by atoms with Crippen molar-refractivity contribution in [1.82, 2.24) is 0 Å². The molecule has 5 rings (SSSR count). The van der Waals surface area contributed by atoms with Crippen LogP contribution in [0.5, 0.6) is 11.5 Å². The maximum atomic E-state index is 15.0. The summed E-state index contributed by atoms with van der Waals surface area (Å²) in [7, 11) is 0. The van der Waals surface area contributed by atoms with Gasteiger partial charge in [-0.1, -0.05) is 39.0 Å². The van der Waals surface area contributed by atoms with Gasteiger partial charge in [0.2, 0.25) is 11.6 Å². The molecule has 0 spiro atoms. The summed E-state index contributed by atoms with van der Waals surface area (Å²) in [4.78, 5) is 0. The van der Waals surface area contributed by atoms with Gasteiger partial charge in [-0.2, -0.15) is 8.78 Å². The SMILES string of the molecule is CCCCCC1CCC2CC(C3CCC(COc4ccc(-c5ccc(OCC)c(F)c5F)c(F)c4F)CC3)CCC2C1. The smallest absolute Gasteiger partial charge is 0.201 e. The minimum atomic E-state index is -1.27. The molecule has 3 saturated carbocycles. The fourth-order valence-electron chi connectivity index (χ4n) is 8.29. The number of hydrogen-bond donors (Lipinski definition) is 0. The van der Waals surface area contributed by atoms with Gasteiger partial charge in [0.25, 0.3) is 0 Å². The van der Waals surface area contributed by atoms with Crippen molar-refractivity contribution in [3.05, 3.63) is 47.5 Å². The Kier molecular flexibility index (Phi) is 10.8. The molecule has 232 valence electrons. The van der Waals surface area contributed by atoms with E-state index in [1.807, 2.05) is 0 Å². The lowest BCUT2D eigenvalue weighted by Gasteiger charge is -2.45. The monoisotopic (exact) mass is 588 g/mol. The normalized spacial score (nSPS) is 27.9. The van der Waals surface area contributed by atoms with E-state index in [0.29, 0.717) is 12.5 Å². The molecule has 4 atom stereocenters. The highest BCUT2D eigenvalue weighted by Crippen LogP contribution is 2.49. The molecule has 2 aromatic rings. The van der Waals surface area contributed by atoms with Crippen LogP contribution in [-0.2, 0) is 0 Å². The molecule has 0 aliphatic heterocycles. The zero-order valence-electron chi connectivity index (χ0n) is 25.4. The fourth-order valence-corrected chi connectivity index (χ4v) is 8.29. The third kappa shape index (κ3) is 7.10. The minimum Gasteiger partial charge on any atom is -0.491 e. The number of fused-ring (bicyclic) bond motifs is 1. The molecular formula is C36H48F4O2. The van der Waals surface area contributed by atoms with E-state index in [1.165, 1.54) is 101 Å². The first-order valence-electron chi connectivity index (χ1n) is 16.6. The topological polar surface area (TPSA) is 18.5 Å². The molecular weight excluding hydrogens is 540 g/mol. The van der Waals surface area contributed by atoms with Crippen molar-refractivity contribution in [2.24, 2.45) is 35.5 Å². The van der Waals surface area contributed by atoms with E-state index in [0.717, 1.165) is 42.4 Å². The Balaban J connectivity index is 1.10. The number of unbranched alkanes of at least 4 members (excludes halogenated alkanes) is 2. The lowest BCUT2D eigenvalue weighted by atomic mass is 9.60. The third-order valence-electron chi connectivity index (χ3n) is 10.7. The van der Waals surface area contributed by atoms with Gasteiger partial charge in [-0.15, -0.1) is 0 Å². The van der Waals surface area contributed by atoms with Crippen LogP contribution < -0.4 is 9.47 Å². The second-order valence-electron chi connectivity index (χ2n) is 13.3. The molecule has 0 aromatic heterocycles. The Morgan fingerprint density at radius 1 is 0.571 bits per heavy atom. The van der Waals surface area contributed by atoms with Gasteiger partial charge in [0.05, 0.1) is 13.2 Å². The van der Waals surface area contributed by atoms with E-state index in [1.54, 1.807) is 6.92 Å². The molecule has 0 amide bonds. The lowest BCUT2D eigenvalue weighted by Crippen LogP contribution is -2.35. The van der Waals surface area contributed by atoms with Crippen molar-refractivity contribution in [3.8, 4) is 22.6 Å². The van der Waals surface area contributed by atoms with Crippen molar-refractivity contribution in [3.63, 3.8) is 0 Å². The molecule has 4 unspecified atom stereocenters. The molecule has 3 aliphatic rings. The first-order chi connectivity index (χ1) is 20.4. The van der Waals surface area contributed by atoms with Crippen molar-refractivity contribution in [2.45, 2.75) is 104 Å². The molecule has 42 heavy (non-hydrogen) atoms. The predicted molar refractivity (Wildman–Crippen MR) is 160 cm³/mol. The maximum absolute atomic E-state index is 15.0. The fraction of sp³-hybridized carbons (Fsp3) is 0.667. The van der Waals surface area contributed by atoms with Crippen LogP contribution in [0.2, 0.25) is 0 Å². The molecule has 2 nitrogen and oxygen atoms in total. The first-order valence-corrected chi connectivity index (χ1v) is 16.6. The Morgan fingerprint density at radius 3 is 1.71 bits per heavy atom. The molecule has 0 N–H and O–H groups in total. The molecule has 3 aliphatic carbocycles. The van der Waals surface area contributed by atoms with Crippen LogP contribution in [0.25, 0.3) is 11.1 Å². The van der Waals surface area contributed by atoms with Crippen LogP contribution in [0.3, 0.4) is 0 Å². The summed E-state index contributed by atoms with van der Waals surface area (Å²) in [6, 6.07) is 4.98. The zero-order valence-corrected chi connectivity index (χ0v) is 25.4. The highest BCUT2D eigenvalue weighted by Gasteiger charge is 2.38. The largest absolute Gasteiger partial charge is 0.491 e. The van der Waals surface area contributed by atoms with Crippen molar-refractivity contribution < 1.29 is 27.0 Å². The van der Waals surface area contributed by atoms with Crippen molar-refractivity contribution in [2.75, 3.05) is 13.2 Å². The maximum Gasteiger partial charge on any atom is 0.201 e. The molecule has 0 bridgehead atoms. The number of rotatable bonds is 11. The van der Waals surface area contributed by atoms with E-state index in [4.69, 9.17) is 9.47 Å². The van der Waals surface area contributed by atoms with Crippen molar-refractivity contribution >= 4 is 0 Å². The summed E-state index contributed by atoms with van der Waals surface area (Å²) in [5, 5.41) is 0. The van der Waals surface area contributed by atoms with Gasteiger partial charge in [-0.05, 0) is 124 Å². The van der Waals surface area contributed by atoms with E-state index in [9.17, 15) is 17.6 Å². The van der Waals surface area contributed by atoms with Crippen LogP contribution in [-0.4, -0.2) is 13.2 Å². The Labute approximate surface area is 249 Å². The zero-order chi connectivity index (χ0) is 29.6. The summed E-state index contributed by atoms with van der Waals surface area (Å²) in [5.74, 6) is -0.562. The van der Waals surface area contributed by atoms with Gasteiger partial charge in [-0.25, -0.2) is 8.78 Å². The molecule has 0 saturated heterocycles. The van der Waals surface area contributed by atoms with Crippen LogP contribution in [0, 0.1) is 58.8 Å². The van der Waals surface area contributed by atoms with Gasteiger partial charge in [0.15, 0.2) is 23.1 Å². The van der Waals surface area contributed by atoms with E-state index in [2.05, 4.69) is 6.92 Å². The summed E-state index contributed by atoms with van der Waals surface area (Å²) in [5.41, 5.74) is -0.703. The average molecular weight is 589 g/mol. The van der Waals surface area contributed by atoms with Crippen LogP contribution in [0.1, 0.15) is 104 Å². The second kappa shape index (κ2) is 14.5. The molecule has 2 aromatic carbocycles. The number of hydrogen-bond acceptors (Lipinski definition) is 2. The number of ether oxygens (including phenoxy) is 2. The average Bonchev–Trinajstić information content (AvgIpc) is 3.01. The summed E-state index contributed by atoms with van der Waals surface area (Å²) in [6.07, 6.45) is 18.6. The highest BCUT2D eigenvalue weighted by atomic mass is 19.2. The Bertz CT molecular complexity index is 1180. The quantitative estimate of drug-likeness (QED) is 0.192. The molecule has 0 heterocycles. The Morgan fingerprint density at radius 2 is 1.10 bits per heavy atom. The van der Waals surface area contributed by atoms with Gasteiger partial charge < -0.3 is 9.47 Å². The van der Waals surface area contributed by atoms with E-state index in [-0.39, 0.29) is 29.2 Å². The minimum absolute atomic E-state index is 0.160. The summed E-state index contributed by atoms with van der Waals surface area (Å²) >= 11 is 0. The van der Waals surface area contributed by atoms with Gasteiger partial charge in [0, 0.05) is 11.1 Å². The van der Waals surface area contributed by atoms with E-state index < -0.39 is 23.3 Å². The predicted octanol–water partition coefficient (Wildman–Crippen LogP) is 10.9. The second-order valence-corrected chi connectivity index (χ2v) is 13.3. The first kappa shape index (κ1) is 31.2. The molecule has 6 heteroatoms. The summed E-state index contributed by atoms with van der Waals surface area (Å²) < 4.78 is 69.6. The standard InChI is InChI=1S/C36H48F4O2/c1-3-5-6-7-23-8-13-28-21-27(15-14-26(28)20-23)25-11-9-24(10-12-25)22-42-32-19-17-30(34(38)36(32)40)29-16-18-31(41-4-2)35(39)33(29)37/h16-19,23-28H,3-15,20-22H2,1-2H3.